The van der Waals surface area contributed by atoms with Crippen molar-refractivity contribution in [3.05, 3.63) is 12.3 Å². The summed E-state index contributed by atoms with van der Waals surface area (Å²) in [4.78, 5) is 0. The van der Waals surface area contributed by atoms with Gasteiger partial charge in [0, 0.05) is 12.3 Å². The molecule has 1 heteroatoms. The average Bonchev–Trinajstić information content (AvgIpc) is 2.37. The van der Waals surface area contributed by atoms with Crippen LogP contribution in [-0.2, 0) is 4.74 Å². The van der Waals surface area contributed by atoms with Crippen LogP contribution in [0.4, 0.5) is 0 Å². The molecule has 1 aliphatic heterocycles. The van der Waals surface area contributed by atoms with Crippen LogP contribution in [0.25, 0.3) is 0 Å². The minimum atomic E-state index is 0.507. The fourth-order valence-electron chi connectivity index (χ4n) is 2.49. The summed E-state index contributed by atoms with van der Waals surface area (Å²) in [6.45, 7) is 8.55. The maximum atomic E-state index is 5.63. The van der Waals surface area contributed by atoms with Gasteiger partial charge in [-0.05, 0) is 18.3 Å². The zero-order chi connectivity index (χ0) is 8.01. The van der Waals surface area contributed by atoms with E-state index >= 15 is 0 Å². The molecule has 0 aromatic heterocycles. The number of allylic oxidation sites excluding steroid dienone is 1. The first-order chi connectivity index (χ1) is 5.18. The molecule has 0 aromatic carbocycles. The first-order valence-corrected chi connectivity index (χ1v) is 4.53. The molecule has 1 saturated heterocycles. The maximum Gasteiger partial charge on any atom is 0.102 e. The minimum Gasteiger partial charge on any atom is -0.495 e. The number of hydrogen-bond donors (Lipinski definition) is 0. The molecular formula is C10H16O. The molecule has 0 amide bonds. The predicted octanol–water partition coefficient (Wildman–Crippen LogP) is 2.58. The number of rotatable bonds is 0. The first kappa shape index (κ1) is 7.20. The molecule has 1 saturated carbocycles. The first-order valence-electron chi connectivity index (χ1n) is 4.53. The van der Waals surface area contributed by atoms with Gasteiger partial charge in [-0.25, -0.2) is 0 Å². The van der Waals surface area contributed by atoms with Crippen LogP contribution >= 0.6 is 0 Å². The lowest BCUT2D eigenvalue weighted by Crippen LogP contribution is -2.11. The SMILES string of the molecule is C=C1CC2C(CC(C)C2C)O1. The summed E-state index contributed by atoms with van der Waals surface area (Å²) in [6, 6.07) is 0. The molecule has 2 rings (SSSR count). The zero-order valence-corrected chi connectivity index (χ0v) is 7.34. The second kappa shape index (κ2) is 2.26. The van der Waals surface area contributed by atoms with Gasteiger partial charge in [0.25, 0.3) is 0 Å². The standard InChI is InChI=1S/C10H16O/c1-6-4-10-9(8(6)3)5-7(2)11-10/h6,8-10H,2,4-5H2,1,3H3. The van der Waals surface area contributed by atoms with E-state index in [1.165, 1.54) is 6.42 Å². The quantitative estimate of drug-likeness (QED) is 0.518. The summed E-state index contributed by atoms with van der Waals surface area (Å²) in [5.74, 6) is 3.47. The van der Waals surface area contributed by atoms with Crippen LogP contribution in [0, 0.1) is 17.8 Å². The molecule has 0 radical (unpaired) electrons. The van der Waals surface area contributed by atoms with E-state index in [4.69, 9.17) is 4.74 Å². The van der Waals surface area contributed by atoms with E-state index < -0.39 is 0 Å². The summed E-state index contributed by atoms with van der Waals surface area (Å²) in [6.07, 6.45) is 2.86. The smallest absolute Gasteiger partial charge is 0.102 e. The molecule has 0 bridgehead atoms. The largest absolute Gasteiger partial charge is 0.495 e. The lowest BCUT2D eigenvalue weighted by atomic mass is 9.90. The van der Waals surface area contributed by atoms with E-state index in [1.54, 1.807) is 0 Å². The Bertz CT molecular complexity index is 185. The molecule has 0 spiro atoms. The highest BCUT2D eigenvalue weighted by Crippen LogP contribution is 2.46. The van der Waals surface area contributed by atoms with Gasteiger partial charge in [-0.15, -0.1) is 0 Å². The molecule has 1 nitrogen and oxygen atoms in total. The molecule has 4 unspecified atom stereocenters. The average molecular weight is 152 g/mol. The molecule has 0 N–H and O–H groups in total. The third kappa shape index (κ3) is 0.979. The van der Waals surface area contributed by atoms with E-state index in [1.807, 2.05) is 0 Å². The fraction of sp³-hybridized carbons (Fsp3) is 0.800. The van der Waals surface area contributed by atoms with Crippen LogP contribution < -0.4 is 0 Å². The Kier molecular flexibility index (Phi) is 1.48. The van der Waals surface area contributed by atoms with E-state index in [-0.39, 0.29) is 0 Å². The van der Waals surface area contributed by atoms with Crippen LogP contribution in [0.1, 0.15) is 26.7 Å². The van der Waals surface area contributed by atoms with Crippen LogP contribution in [0.15, 0.2) is 12.3 Å². The van der Waals surface area contributed by atoms with Crippen molar-refractivity contribution in [1.29, 1.82) is 0 Å². The van der Waals surface area contributed by atoms with E-state index in [2.05, 4.69) is 20.4 Å². The Balaban J connectivity index is 2.13. The summed E-state index contributed by atoms with van der Waals surface area (Å²) in [7, 11) is 0. The molecular weight excluding hydrogens is 136 g/mol. The Morgan fingerprint density at radius 3 is 2.82 bits per heavy atom. The van der Waals surface area contributed by atoms with Gasteiger partial charge >= 0.3 is 0 Å². The van der Waals surface area contributed by atoms with Crippen molar-refractivity contribution in [2.75, 3.05) is 0 Å². The van der Waals surface area contributed by atoms with Crippen molar-refractivity contribution in [3.63, 3.8) is 0 Å². The third-order valence-corrected chi connectivity index (χ3v) is 3.44. The number of ether oxygens (including phenoxy) is 1. The van der Waals surface area contributed by atoms with Crippen LogP contribution in [0.2, 0.25) is 0 Å². The second-order valence-electron chi connectivity index (χ2n) is 4.14. The van der Waals surface area contributed by atoms with E-state index in [9.17, 15) is 0 Å². The topological polar surface area (TPSA) is 9.23 Å². The lowest BCUT2D eigenvalue weighted by Gasteiger charge is -2.13. The summed E-state index contributed by atoms with van der Waals surface area (Å²) >= 11 is 0. The van der Waals surface area contributed by atoms with Crippen molar-refractivity contribution < 1.29 is 4.74 Å². The summed E-state index contributed by atoms with van der Waals surface area (Å²) in [5, 5.41) is 0. The molecule has 1 aliphatic carbocycles. The van der Waals surface area contributed by atoms with Crippen molar-refractivity contribution in [1.82, 2.24) is 0 Å². The van der Waals surface area contributed by atoms with Gasteiger partial charge in [0.05, 0.1) is 5.76 Å². The summed E-state index contributed by atoms with van der Waals surface area (Å²) in [5.41, 5.74) is 0. The van der Waals surface area contributed by atoms with Crippen molar-refractivity contribution in [2.24, 2.45) is 17.8 Å². The van der Waals surface area contributed by atoms with Crippen molar-refractivity contribution in [3.8, 4) is 0 Å². The predicted molar refractivity (Wildman–Crippen MR) is 45.1 cm³/mol. The maximum absolute atomic E-state index is 5.63. The third-order valence-electron chi connectivity index (χ3n) is 3.44. The molecule has 11 heavy (non-hydrogen) atoms. The molecule has 62 valence electrons. The van der Waals surface area contributed by atoms with Crippen molar-refractivity contribution >= 4 is 0 Å². The Morgan fingerprint density at radius 1 is 1.45 bits per heavy atom. The highest BCUT2D eigenvalue weighted by atomic mass is 16.5. The second-order valence-corrected chi connectivity index (χ2v) is 4.14. The van der Waals surface area contributed by atoms with Gasteiger partial charge in [-0.3, -0.25) is 0 Å². The highest BCUT2D eigenvalue weighted by molar-refractivity contribution is 5.02. The van der Waals surface area contributed by atoms with Gasteiger partial charge < -0.3 is 4.74 Å². The summed E-state index contributed by atoms with van der Waals surface area (Å²) < 4.78 is 5.63. The van der Waals surface area contributed by atoms with Gasteiger partial charge in [0.1, 0.15) is 6.10 Å². The molecule has 2 fully saturated rings. The molecule has 2 aliphatic rings. The zero-order valence-electron chi connectivity index (χ0n) is 7.34. The Hall–Kier alpha value is -0.460. The lowest BCUT2D eigenvalue weighted by molar-refractivity contribution is 0.142. The molecule has 4 atom stereocenters. The Morgan fingerprint density at radius 2 is 2.18 bits per heavy atom. The van der Waals surface area contributed by atoms with Crippen LogP contribution in [0.5, 0.6) is 0 Å². The van der Waals surface area contributed by atoms with Gasteiger partial charge in [0.15, 0.2) is 0 Å². The van der Waals surface area contributed by atoms with Gasteiger partial charge in [-0.1, -0.05) is 20.4 Å². The minimum absolute atomic E-state index is 0.507. The number of hydrogen-bond acceptors (Lipinski definition) is 1. The van der Waals surface area contributed by atoms with Crippen molar-refractivity contribution in [2.45, 2.75) is 32.8 Å². The fourth-order valence-corrected chi connectivity index (χ4v) is 2.49. The van der Waals surface area contributed by atoms with E-state index in [0.717, 1.165) is 29.9 Å². The number of fused-ring (bicyclic) bond motifs is 1. The highest BCUT2D eigenvalue weighted by Gasteiger charge is 2.43. The normalized spacial score (nSPS) is 49.1. The monoisotopic (exact) mass is 152 g/mol. The molecule has 0 aromatic rings. The van der Waals surface area contributed by atoms with Gasteiger partial charge in [0.2, 0.25) is 0 Å². The van der Waals surface area contributed by atoms with Gasteiger partial charge in [-0.2, -0.15) is 0 Å². The Labute approximate surface area is 68.4 Å². The van der Waals surface area contributed by atoms with Crippen LogP contribution in [0.3, 0.4) is 0 Å². The van der Waals surface area contributed by atoms with Crippen LogP contribution in [-0.4, -0.2) is 6.10 Å². The van der Waals surface area contributed by atoms with E-state index in [0.29, 0.717) is 6.10 Å². The molecule has 1 heterocycles.